The standard InChI is InChI=1S/C14H17N5O3/c20-12-3-1-10(9-15-12)18-5-7-19(8-6-18)14(22)11-2-4-13(21)17-16-11/h1,3,9H,2,4-8H2,(H,15,20)(H,17,21). The smallest absolute Gasteiger partial charge is 0.270 e. The zero-order valence-electron chi connectivity index (χ0n) is 12.0. The Labute approximate surface area is 126 Å². The summed E-state index contributed by atoms with van der Waals surface area (Å²) in [5.41, 5.74) is 3.57. The summed E-state index contributed by atoms with van der Waals surface area (Å²) in [6.07, 6.45) is 2.38. The van der Waals surface area contributed by atoms with Crippen LogP contribution in [0.2, 0.25) is 0 Å². The summed E-state index contributed by atoms with van der Waals surface area (Å²) in [5.74, 6) is -0.263. The number of aromatic amines is 1. The van der Waals surface area contributed by atoms with Crippen LogP contribution in [0.4, 0.5) is 5.69 Å². The number of hydrazone groups is 1. The van der Waals surface area contributed by atoms with Crippen molar-refractivity contribution in [1.29, 1.82) is 0 Å². The number of anilines is 1. The number of rotatable bonds is 2. The largest absolute Gasteiger partial charge is 0.367 e. The van der Waals surface area contributed by atoms with Crippen LogP contribution in [0.1, 0.15) is 12.8 Å². The predicted octanol–water partition coefficient (Wildman–Crippen LogP) is -0.710. The van der Waals surface area contributed by atoms with E-state index in [9.17, 15) is 14.4 Å². The third-order valence-corrected chi connectivity index (χ3v) is 3.85. The van der Waals surface area contributed by atoms with Gasteiger partial charge in [-0.25, -0.2) is 5.43 Å². The molecule has 3 rings (SSSR count). The summed E-state index contributed by atoms with van der Waals surface area (Å²) < 4.78 is 0. The number of amides is 2. The second-order valence-electron chi connectivity index (χ2n) is 5.28. The summed E-state index contributed by atoms with van der Waals surface area (Å²) in [7, 11) is 0. The Hall–Kier alpha value is -2.64. The lowest BCUT2D eigenvalue weighted by atomic mass is 10.1. The molecule has 2 N–H and O–H groups in total. The maximum Gasteiger partial charge on any atom is 0.270 e. The number of pyridine rings is 1. The van der Waals surface area contributed by atoms with E-state index in [1.807, 2.05) is 0 Å². The fourth-order valence-corrected chi connectivity index (χ4v) is 2.58. The number of nitrogens with zero attached hydrogens (tertiary/aromatic N) is 3. The molecule has 3 heterocycles. The molecule has 1 aromatic heterocycles. The monoisotopic (exact) mass is 303 g/mol. The van der Waals surface area contributed by atoms with E-state index in [-0.39, 0.29) is 17.4 Å². The van der Waals surface area contributed by atoms with E-state index in [1.165, 1.54) is 6.07 Å². The number of carbonyl (C=O) groups is 2. The Morgan fingerprint density at radius 1 is 1.09 bits per heavy atom. The Bertz CT molecular complexity index is 653. The molecule has 1 saturated heterocycles. The number of piperazine rings is 1. The SMILES string of the molecule is O=C1CCC(C(=O)N2CCN(c3ccc(=O)[nH]c3)CC2)=NN1. The van der Waals surface area contributed by atoms with Crippen LogP contribution < -0.4 is 15.9 Å². The van der Waals surface area contributed by atoms with Gasteiger partial charge in [-0.3, -0.25) is 14.4 Å². The van der Waals surface area contributed by atoms with Crippen molar-refractivity contribution in [3.63, 3.8) is 0 Å². The van der Waals surface area contributed by atoms with Crippen LogP contribution in [0.5, 0.6) is 0 Å². The molecular weight excluding hydrogens is 286 g/mol. The van der Waals surface area contributed by atoms with Gasteiger partial charge in [-0.1, -0.05) is 0 Å². The van der Waals surface area contributed by atoms with Crippen LogP contribution in [0, 0.1) is 0 Å². The Morgan fingerprint density at radius 2 is 1.86 bits per heavy atom. The third kappa shape index (κ3) is 3.00. The molecule has 2 aliphatic heterocycles. The normalized spacial score (nSPS) is 18.7. The van der Waals surface area contributed by atoms with Gasteiger partial charge in [-0.2, -0.15) is 5.10 Å². The van der Waals surface area contributed by atoms with Crippen LogP contribution in [0.25, 0.3) is 0 Å². The second kappa shape index (κ2) is 6.00. The van der Waals surface area contributed by atoms with Crippen molar-refractivity contribution in [2.45, 2.75) is 12.8 Å². The molecule has 0 aliphatic carbocycles. The van der Waals surface area contributed by atoms with E-state index >= 15 is 0 Å². The first-order valence-corrected chi connectivity index (χ1v) is 7.22. The molecule has 0 saturated carbocycles. The molecule has 8 nitrogen and oxygen atoms in total. The molecule has 0 spiro atoms. The van der Waals surface area contributed by atoms with E-state index in [2.05, 4.69) is 20.4 Å². The Balaban J connectivity index is 1.59. The van der Waals surface area contributed by atoms with Gasteiger partial charge in [0.15, 0.2) is 0 Å². The van der Waals surface area contributed by atoms with Gasteiger partial charge in [0.1, 0.15) is 5.71 Å². The predicted molar refractivity (Wildman–Crippen MR) is 80.7 cm³/mol. The minimum atomic E-state index is -0.153. The topological polar surface area (TPSA) is 97.9 Å². The first kappa shape index (κ1) is 14.3. The van der Waals surface area contributed by atoms with Crippen LogP contribution in [0.3, 0.4) is 0 Å². The number of aromatic nitrogens is 1. The summed E-state index contributed by atoms with van der Waals surface area (Å²) in [6, 6.07) is 3.27. The molecule has 0 radical (unpaired) electrons. The molecule has 22 heavy (non-hydrogen) atoms. The van der Waals surface area contributed by atoms with E-state index in [4.69, 9.17) is 0 Å². The molecule has 1 fully saturated rings. The number of carbonyl (C=O) groups excluding carboxylic acids is 2. The molecular formula is C14H17N5O3. The van der Waals surface area contributed by atoms with Crippen LogP contribution in [0.15, 0.2) is 28.2 Å². The van der Waals surface area contributed by atoms with E-state index in [1.54, 1.807) is 17.2 Å². The van der Waals surface area contributed by atoms with Gasteiger partial charge in [0, 0.05) is 51.3 Å². The maximum atomic E-state index is 12.3. The van der Waals surface area contributed by atoms with E-state index in [0.717, 1.165) is 5.69 Å². The molecule has 2 amide bonds. The zero-order chi connectivity index (χ0) is 15.5. The van der Waals surface area contributed by atoms with Crippen molar-refractivity contribution < 1.29 is 9.59 Å². The Kier molecular flexibility index (Phi) is 3.90. The lowest BCUT2D eigenvalue weighted by molar-refractivity contribution is -0.124. The average molecular weight is 303 g/mol. The number of hydrogen-bond donors (Lipinski definition) is 2. The summed E-state index contributed by atoms with van der Waals surface area (Å²) in [4.78, 5) is 41.0. The van der Waals surface area contributed by atoms with Gasteiger partial charge in [-0.15, -0.1) is 0 Å². The fourth-order valence-electron chi connectivity index (χ4n) is 2.58. The second-order valence-corrected chi connectivity index (χ2v) is 5.28. The quantitative estimate of drug-likeness (QED) is 0.754. The molecule has 0 bridgehead atoms. The van der Waals surface area contributed by atoms with Crippen molar-refractivity contribution in [2.24, 2.45) is 5.10 Å². The lowest BCUT2D eigenvalue weighted by Crippen LogP contribution is -2.51. The number of nitrogens with one attached hydrogen (secondary N) is 2. The van der Waals surface area contributed by atoms with Gasteiger partial charge in [0.25, 0.3) is 5.91 Å². The van der Waals surface area contributed by atoms with Gasteiger partial charge < -0.3 is 14.8 Å². The van der Waals surface area contributed by atoms with Crippen LogP contribution >= 0.6 is 0 Å². The first-order chi connectivity index (χ1) is 10.6. The van der Waals surface area contributed by atoms with Gasteiger partial charge in [-0.05, 0) is 6.07 Å². The highest BCUT2D eigenvalue weighted by Gasteiger charge is 2.26. The third-order valence-electron chi connectivity index (χ3n) is 3.85. The lowest BCUT2D eigenvalue weighted by Gasteiger charge is -2.36. The number of hydrogen-bond acceptors (Lipinski definition) is 5. The molecule has 0 atom stereocenters. The average Bonchev–Trinajstić information content (AvgIpc) is 2.56. The molecule has 0 unspecified atom stereocenters. The highest BCUT2D eigenvalue weighted by molar-refractivity contribution is 6.39. The highest BCUT2D eigenvalue weighted by Crippen LogP contribution is 2.14. The van der Waals surface area contributed by atoms with Gasteiger partial charge in [0.05, 0.1) is 5.69 Å². The molecule has 116 valence electrons. The summed E-state index contributed by atoms with van der Waals surface area (Å²) >= 11 is 0. The van der Waals surface area contributed by atoms with Crippen molar-refractivity contribution in [2.75, 3.05) is 31.1 Å². The van der Waals surface area contributed by atoms with Gasteiger partial charge in [0.2, 0.25) is 11.5 Å². The number of H-pyrrole nitrogens is 1. The Morgan fingerprint density at radius 3 is 2.45 bits per heavy atom. The van der Waals surface area contributed by atoms with E-state index in [0.29, 0.717) is 44.7 Å². The molecule has 2 aliphatic rings. The first-order valence-electron chi connectivity index (χ1n) is 7.22. The van der Waals surface area contributed by atoms with Crippen molar-refractivity contribution in [1.82, 2.24) is 15.3 Å². The minimum absolute atomic E-state index is 0.110. The van der Waals surface area contributed by atoms with Crippen LogP contribution in [-0.4, -0.2) is 53.6 Å². The fraction of sp³-hybridized carbons (Fsp3) is 0.429. The zero-order valence-corrected chi connectivity index (χ0v) is 12.0. The highest BCUT2D eigenvalue weighted by atomic mass is 16.2. The van der Waals surface area contributed by atoms with Crippen molar-refractivity contribution >= 4 is 23.2 Å². The molecule has 0 aromatic carbocycles. The van der Waals surface area contributed by atoms with Crippen molar-refractivity contribution in [3.8, 4) is 0 Å². The molecule has 8 heteroatoms. The maximum absolute atomic E-state index is 12.3. The summed E-state index contributed by atoms with van der Waals surface area (Å²) in [5, 5.41) is 3.85. The van der Waals surface area contributed by atoms with Crippen LogP contribution in [-0.2, 0) is 9.59 Å². The minimum Gasteiger partial charge on any atom is -0.367 e. The van der Waals surface area contributed by atoms with Crippen molar-refractivity contribution in [3.05, 3.63) is 28.7 Å². The molecule has 1 aromatic rings. The van der Waals surface area contributed by atoms with E-state index < -0.39 is 0 Å². The van der Waals surface area contributed by atoms with Gasteiger partial charge >= 0.3 is 0 Å². The summed E-state index contributed by atoms with van der Waals surface area (Å²) in [6.45, 7) is 2.56.